The van der Waals surface area contributed by atoms with Crippen LogP contribution in [0.25, 0.3) is 0 Å². The van der Waals surface area contributed by atoms with E-state index in [1.165, 1.54) is 9.13 Å². The normalized spacial score (nSPS) is 20.7. The number of halogens is 1. The molecule has 2 rings (SSSR count). The van der Waals surface area contributed by atoms with Crippen LogP contribution in [0.4, 0.5) is 0 Å². The van der Waals surface area contributed by atoms with E-state index in [1.54, 1.807) is 0 Å². The zero-order chi connectivity index (χ0) is 12.3. The van der Waals surface area contributed by atoms with E-state index in [2.05, 4.69) is 52.2 Å². The van der Waals surface area contributed by atoms with Crippen molar-refractivity contribution in [1.82, 2.24) is 10.2 Å². The van der Waals surface area contributed by atoms with Gasteiger partial charge in [0.15, 0.2) is 0 Å². The summed E-state index contributed by atoms with van der Waals surface area (Å²) in [6.45, 7) is 4.48. The van der Waals surface area contributed by atoms with Gasteiger partial charge in [-0.1, -0.05) is 19.1 Å². The summed E-state index contributed by atoms with van der Waals surface area (Å²) in [5.41, 5.74) is 1.20. The van der Waals surface area contributed by atoms with Gasteiger partial charge in [-0.2, -0.15) is 0 Å². The molecular weight excluding hydrogens is 327 g/mol. The number of rotatable bonds is 3. The highest BCUT2D eigenvalue weighted by molar-refractivity contribution is 14.1. The van der Waals surface area contributed by atoms with Gasteiger partial charge in [0, 0.05) is 23.2 Å². The van der Waals surface area contributed by atoms with E-state index in [1.807, 2.05) is 11.8 Å². The molecule has 1 aromatic rings. The maximum Gasteiger partial charge on any atom is 0.240 e. The maximum atomic E-state index is 12.1. The van der Waals surface area contributed by atoms with Crippen LogP contribution in [0.3, 0.4) is 0 Å². The number of carbonyl (C=O) groups is 1. The molecule has 0 saturated carbocycles. The Morgan fingerprint density at radius 3 is 2.76 bits per heavy atom. The van der Waals surface area contributed by atoms with E-state index < -0.39 is 0 Å². The predicted octanol–water partition coefficient (Wildman–Crippen LogP) is 2.00. The van der Waals surface area contributed by atoms with Gasteiger partial charge in [-0.05, 0) is 46.7 Å². The van der Waals surface area contributed by atoms with E-state index in [4.69, 9.17) is 0 Å². The van der Waals surface area contributed by atoms with Crippen LogP contribution in [0.1, 0.15) is 18.9 Å². The summed E-state index contributed by atoms with van der Waals surface area (Å²) in [4.78, 5) is 14.0. The van der Waals surface area contributed by atoms with Crippen LogP contribution in [-0.2, 0) is 11.3 Å². The first-order valence-electron chi connectivity index (χ1n) is 5.97. The Morgan fingerprint density at radius 2 is 2.12 bits per heavy atom. The summed E-state index contributed by atoms with van der Waals surface area (Å²) in [5, 5.41) is 3.25. The topological polar surface area (TPSA) is 32.3 Å². The van der Waals surface area contributed by atoms with Gasteiger partial charge in [-0.25, -0.2) is 0 Å². The number of nitrogens with one attached hydrogen (secondary N) is 1. The standard InChI is InChI=1S/C13H17IN2O/c1-2-12-13(17)16(8-7-15-12)9-10-3-5-11(14)6-4-10/h3-6,12,15H,2,7-9H2,1H3. The van der Waals surface area contributed by atoms with Gasteiger partial charge in [0.1, 0.15) is 0 Å². The predicted molar refractivity (Wildman–Crippen MR) is 76.7 cm³/mol. The fourth-order valence-electron chi connectivity index (χ4n) is 2.08. The van der Waals surface area contributed by atoms with E-state index in [9.17, 15) is 4.79 Å². The van der Waals surface area contributed by atoms with Crippen molar-refractivity contribution in [3.8, 4) is 0 Å². The maximum absolute atomic E-state index is 12.1. The number of amides is 1. The van der Waals surface area contributed by atoms with Crippen LogP contribution >= 0.6 is 22.6 Å². The Bertz CT molecular complexity index is 391. The zero-order valence-electron chi connectivity index (χ0n) is 9.95. The average Bonchev–Trinajstić information content (AvgIpc) is 2.35. The number of hydrogen-bond acceptors (Lipinski definition) is 2. The molecule has 1 N–H and O–H groups in total. The molecule has 1 saturated heterocycles. The van der Waals surface area contributed by atoms with Gasteiger partial charge in [0.2, 0.25) is 5.91 Å². The first-order valence-corrected chi connectivity index (χ1v) is 7.05. The number of nitrogens with zero attached hydrogens (tertiary/aromatic N) is 1. The van der Waals surface area contributed by atoms with Gasteiger partial charge in [0.25, 0.3) is 0 Å². The van der Waals surface area contributed by atoms with Gasteiger partial charge >= 0.3 is 0 Å². The molecule has 1 amide bonds. The second-order valence-corrected chi connectivity index (χ2v) is 5.55. The zero-order valence-corrected chi connectivity index (χ0v) is 12.1. The van der Waals surface area contributed by atoms with Crippen molar-refractivity contribution in [2.24, 2.45) is 0 Å². The van der Waals surface area contributed by atoms with Crippen molar-refractivity contribution in [1.29, 1.82) is 0 Å². The summed E-state index contributed by atoms with van der Waals surface area (Å²) in [6.07, 6.45) is 0.863. The van der Waals surface area contributed by atoms with E-state index >= 15 is 0 Å². The van der Waals surface area contributed by atoms with Crippen molar-refractivity contribution in [2.75, 3.05) is 13.1 Å². The molecule has 0 aromatic heterocycles. The highest BCUT2D eigenvalue weighted by atomic mass is 127. The Morgan fingerprint density at radius 1 is 1.41 bits per heavy atom. The highest BCUT2D eigenvalue weighted by Gasteiger charge is 2.26. The number of piperazine rings is 1. The third kappa shape index (κ3) is 3.19. The molecular formula is C13H17IN2O. The summed E-state index contributed by atoms with van der Waals surface area (Å²) in [6, 6.07) is 8.36. The monoisotopic (exact) mass is 344 g/mol. The van der Waals surface area contributed by atoms with Crippen LogP contribution in [0.5, 0.6) is 0 Å². The highest BCUT2D eigenvalue weighted by Crippen LogP contribution is 2.12. The Balaban J connectivity index is 2.02. The van der Waals surface area contributed by atoms with Crippen LogP contribution in [0.15, 0.2) is 24.3 Å². The first-order chi connectivity index (χ1) is 8.20. The second kappa shape index (κ2) is 5.82. The molecule has 3 nitrogen and oxygen atoms in total. The number of benzene rings is 1. The molecule has 0 aliphatic carbocycles. The lowest BCUT2D eigenvalue weighted by molar-refractivity contribution is -0.136. The second-order valence-electron chi connectivity index (χ2n) is 4.30. The van der Waals surface area contributed by atoms with Crippen LogP contribution in [0.2, 0.25) is 0 Å². The van der Waals surface area contributed by atoms with Crippen molar-refractivity contribution in [2.45, 2.75) is 25.9 Å². The van der Waals surface area contributed by atoms with Gasteiger partial charge in [-0.15, -0.1) is 0 Å². The largest absolute Gasteiger partial charge is 0.336 e. The van der Waals surface area contributed by atoms with Crippen LogP contribution in [-0.4, -0.2) is 29.9 Å². The Labute approximate surface area is 116 Å². The fraction of sp³-hybridized carbons (Fsp3) is 0.462. The molecule has 1 atom stereocenters. The first kappa shape index (κ1) is 12.8. The van der Waals surface area contributed by atoms with Crippen molar-refractivity contribution in [3.63, 3.8) is 0 Å². The minimum absolute atomic E-state index is 0.00704. The smallest absolute Gasteiger partial charge is 0.240 e. The third-order valence-electron chi connectivity index (χ3n) is 3.08. The van der Waals surface area contributed by atoms with Crippen LogP contribution in [0, 0.1) is 3.57 Å². The molecule has 0 bridgehead atoms. The summed E-state index contributed by atoms with van der Waals surface area (Å²) in [5.74, 6) is 0.234. The molecule has 4 heteroatoms. The lowest BCUT2D eigenvalue weighted by atomic mass is 10.1. The third-order valence-corrected chi connectivity index (χ3v) is 3.80. The summed E-state index contributed by atoms with van der Waals surface area (Å²) in [7, 11) is 0. The van der Waals surface area contributed by atoms with Gasteiger partial charge in [0.05, 0.1) is 6.04 Å². The molecule has 1 fully saturated rings. The Hall–Kier alpha value is -0.620. The molecule has 0 radical (unpaired) electrons. The Kier molecular flexibility index (Phi) is 4.39. The minimum atomic E-state index is 0.00704. The van der Waals surface area contributed by atoms with Crippen molar-refractivity contribution >= 4 is 28.5 Å². The molecule has 0 spiro atoms. The SMILES string of the molecule is CCC1NCCN(Cc2ccc(I)cc2)C1=O. The molecule has 17 heavy (non-hydrogen) atoms. The molecule has 1 aromatic carbocycles. The minimum Gasteiger partial charge on any atom is -0.336 e. The number of hydrogen-bond donors (Lipinski definition) is 1. The quantitative estimate of drug-likeness (QED) is 0.851. The lowest BCUT2D eigenvalue weighted by Crippen LogP contribution is -2.54. The molecule has 1 aliphatic rings. The van der Waals surface area contributed by atoms with Crippen molar-refractivity contribution < 1.29 is 4.79 Å². The fourth-order valence-corrected chi connectivity index (χ4v) is 2.44. The van der Waals surface area contributed by atoms with Crippen LogP contribution < -0.4 is 5.32 Å². The average molecular weight is 344 g/mol. The number of carbonyl (C=O) groups excluding carboxylic acids is 1. The summed E-state index contributed by atoms with van der Waals surface area (Å²) < 4.78 is 1.23. The molecule has 1 heterocycles. The molecule has 92 valence electrons. The molecule has 1 unspecified atom stereocenters. The lowest BCUT2D eigenvalue weighted by Gasteiger charge is -2.32. The van der Waals surface area contributed by atoms with E-state index in [0.29, 0.717) is 0 Å². The van der Waals surface area contributed by atoms with Gasteiger partial charge < -0.3 is 10.2 Å². The van der Waals surface area contributed by atoms with E-state index in [-0.39, 0.29) is 11.9 Å². The molecule has 1 aliphatic heterocycles. The van der Waals surface area contributed by atoms with Crippen molar-refractivity contribution in [3.05, 3.63) is 33.4 Å². The summed E-state index contributed by atoms with van der Waals surface area (Å²) >= 11 is 2.29. The van der Waals surface area contributed by atoms with E-state index in [0.717, 1.165) is 26.1 Å². The van der Waals surface area contributed by atoms with Gasteiger partial charge in [-0.3, -0.25) is 4.79 Å².